The van der Waals surface area contributed by atoms with Crippen LogP contribution in [0.1, 0.15) is 15.9 Å². The summed E-state index contributed by atoms with van der Waals surface area (Å²) in [7, 11) is 0. The third-order valence-electron chi connectivity index (χ3n) is 2.77. The van der Waals surface area contributed by atoms with Crippen molar-refractivity contribution in [3.8, 4) is 11.1 Å². The molecule has 0 bridgehead atoms. The van der Waals surface area contributed by atoms with E-state index >= 15 is 0 Å². The fraction of sp³-hybridized carbons (Fsp3) is 0.0714. The van der Waals surface area contributed by atoms with Crippen LogP contribution in [0.5, 0.6) is 0 Å². The van der Waals surface area contributed by atoms with Crippen LogP contribution in [0.15, 0.2) is 36.4 Å². The Morgan fingerprint density at radius 2 is 1.78 bits per heavy atom. The van der Waals surface area contributed by atoms with E-state index in [1.165, 1.54) is 31.2 Å². The summed E-state index contributed by atoms with van der Waals surface area (Å²) in [5.41, 5.74) is 0.705. The third-order valence-corrected chi connectivity index (χ3v) is 2.77. The Balaban J connectivity index is 2.66. The molecule has 2 aromatic rings. The number of aromatic carboxylic acids is 1. The SMILES string of the molecule is Cc1c(F)cccc1-c1cc(C(=O)O)ccc1F. The molecule has 0 fully saturated rings. The first-order valence-electron chi connectivity index (χ1n) is 5.29. The molecule has 0 aromatic heterocycles. The van der Waals surface area contributed by atoms with Crippen molar-refractivity contribution in [1.29, 1.82) is 0 Å². The molecule has 92 valence electrons. The molecule has 0 saturated carbocycles. The molecule has 0 aliphatic heterocycles. The molecular formula is C14H10F2O2. The van der Waals surface area contributed by atoms with Gasteiger partial charge in [0.25, 0.3) is 0 Å². The largest absolute Gasteiger partial charge is 0.478 e. The lowest BCUT2D eigenvalue weighted by Crippen LogP contribution is -1.98. The standard InChI is InChI=1S/C14H10F2O2/c1-8-10(3-2-4-12(8)15)11-7-9(14(17)18)5-6-13(11)16/h2-7H,1H3,(H,17,18). The fourth-order valence-electron chi connectivity index (χ4n) is 1.76. The summed E-state index contributed by atoms with van der Waals surface area (Å²) in [4.78, 5) is 10.9. The predicted octanol–water partition coefficient (Wildman–Crippen LogP) is 3.64. The van der Waals surface area contributed by atoms with Crippen molar-refractivity contribution in [2.75, 3.05) is 0 Å². The van der Waals surface area contributed by atoms with E-state index in [1.54, 1.807) is 6.07 Å². The van der Waals surface area contributed by atoms with Crippen molar-refractivity contribution in [2.24, 2.45) is 0 Å². The molecule has 4 heteroatoms. The zero-order valence-corrected chi connectivity index (χ0v) is 9.58. The quantitative estimate of drug-likeness (QED) is 0.880. The number of hydrogen-bond donors (Lipinski definition) is 1. The van der Waals surface area contributed by atoms with Gasteiger partial charge in [-0.15, -0.1) is 0 Å². The Labute approximate surface area is 103 Å². The summed E-state index contributed by atoms with van der Waals surface area (Å²) in [6, 6.07) is 7.75. The van der Waals surface area contributed by atoms with Crippen LogP contribution in [-0.4, -0.2) is 11.1 Å². The predicted molar refractivity (Wildman–Crippen MR) is 63.5 cm³/mol. The van der Waals surface area contributed by atoms with Gasteiger partial charge < -0.3 is 5.11 Å². The van der Waals surface area contributed by atoms with Crippen molar-refractivity contribution >= 4 is 5.97 Å². The van der Waals surface area contributed by atoms with Crippen molar-refractivity contribution < 1.29 is 18.7 Å². The first kappa shape index (κ1) is 12.2. The second-order valence-electron chi connectivity index (χ2n) is 3.91. The maximum Gasteiger partial charge on any atom is 0.335 e. The van der Waals surface area contributed by atoms with Crippen molar-refractivity contribution in [1.82, 2.24) is 0 Å². The summed E-state index contributed by atoms with van der Waals surface area (Å²) >= 11 is 0. The van der Waals surface area contributed by atoms with Gasteiger partial charge in [-0.05, 0) is 42.3 Å². The van der Waals surface area contributed by atoms with Crippen LogP contribution in [0.25, 0.3) is 11.1 Å². The van der Waals surface area contributed by atoms with Crippen LogP contribution >= 0.6 is 0 Å². The van der Waals surface area contributed by atoms with Gasteiger partial charge in [0, 0.05) is 5.56 Å². The minimum Gasteiger partial charge on any atom is -0.478 e. The van der Waals surface area contributed by atoms with Crippen LogP contribution in [0.2, 0.25) is 0 Å². The highest BCUT2D eigenvalue weighted by atomic mass is 19.1. The van der Waals surface area contributed by atoms with E-state index in [-0.39, 0.29) is 11.1 Å². The Bertz CT molecular complexity index is 621. The lowest BCUT2D eigenvalue weighted by Gasteiger charge is -2.09. The normalized spacial score (nSPS) is 10.4. The Kier molecular flexibility index (Phi) is 3.10. The molecule has 1 N–H and O–H groups in total. The van der Waals surface area contributed by atoms with Crippen LogP contribution < -0.4 is 0 Å². The summed E-state index contributed by atoms with van der Waals surface area (Å²) in [5.74, 6) is -2.17. The highest BCUT2D eigenvalue weighted by Gasteiger charge is 2.13. The van der Waals surface area contributed by atoms with Crippen LogP contribution in [0.4, 0.5) is 8.78 Å². The van der Waals surface area contributed by atoms with Crippen molar-refractivity contribution in [3.63, 3.8) is 0 Å². The number of benzene rings is 2. The first-order chi connectivity index (χ1) is 8.50. The summed E-state index contributed by atoms with van der Waals surface area (Å²) < 4.78 is 27.1. The zero-order chi connectivity index (χ0) is 13.3. The van der Waals surface area contributed by atoms with Crippen molar-refractivity contribution in [2.45, 2.75) is 6.92 Å². The summed E-state index contributed by atoms with van der Waals surface area (Å²) in [6.07, 6.45) is 0. The van der Waals surface area contributed by atoms with E-state index in [2.05, 4.69) is 0 Å². The number of carboxylic acid groups (broad SMARTS) is 1. The zero-order valence-electron chi connectivity index (χ0n) is 9.58. The van der Waals surface area contributed by atoms with Crippen LogP contribution in [0.3, 0.4) is 0 Å². The first-order valence-corrected chi connectivity index (χ1v) is 5.29. The van der Waals surface area contributed by atoms with Gasteiger partial charge in [0.2, 0.25) is 0 Å². The van der Waals surface area contributed by atoms with Crippen LogP contribution in [0, 0.1) is 18.6 Å². The Hall–Kier alpha value is -2.23. The van der Waals surface area contributed by atoms with E-state index in [9.17, 15) is 13.6 Å². The number of halogens is 2. The smallest absolute Gasteiger partial charge is 0.335 e. The van der Waals surface area contributed by atoms with Gasteiger partial charge in [-0.2, -0.15) is 0 Å². The van der Waals surface area contributed by atoms with Gasteiger partial charge >= 0.3 is 5.97 Å². The number of hydrogen-bond acceptors (Lipinski definition) is 1. The molecule has 2 rings (SSSR count). The van der Waals surface area contributed by atoms with E-state index in [0.29, 0.717) is 11.1 Å². The van der Waals surface area contributed by atoms with Crippen LogP contribution in [-0.2, 0) is 0 Å². The lowest BCUT2D eigenvalue weighted by atomic mass is 9.98. The molecule has 2 aromatic carbocycles. The molecule has 0 aliphatic rings. The number of carbonyl (C=O) groups is 1. The van der Waals surface area contributed by atoms with Gasteiger partial charge in [-0.1, -0.05) is 12.1 Å². The monoisotopic (exact) mass is 248 g/mol. The average Bonchev–Trinajstić information content (AvgIpc) is 2.33. The fourth-order valence-corrected chi connectivity index (χ4v) is 1.76. The van der Waals surface area contributed by atoms with E-state index in [1.807, 2.05) is 0 Å². The maximum absolute atomic E-state index is 13.7. The van der Waals surface area contributed by atoms with E-state index in [4.69, 9.17) is 5.11 Å². The van der Waals surface area contributed by atoms with Gasteiger partial charge in [0.1, 0.15) is 11.6 Å². The average molecular weight is 248 g/mol. The highest BCUT2D eigenvalue weighted by Crippen LogP contribution is 2.28. The highest BCUT2D eigenvalue weighted by molar-refractivity contribution is 5.89. The summed E-state index contributed by atoms with van der Waals surface area (Å²) in [5, 5.41) is 8.87. The molecule has 0 atom stereocenters. The Morgan fingerprint density at radius 3 is 2.44 bits per heavy atom. The number of rotatable bonds is 2. The molecule has 0 amide bonds. The molecule has 0 aliphatic carbocycles. The van der Waals surface area contributed by atoms with Crippen molar-refractivity contribution in [3.05, 3.63) is 59.2 Å². The molecule has 0 heterocycles. The van der Waals surface area contributed by atoms with Gasteiger partial charge in [0.05, 0.1) is 5.56 Å². The second kappa shape index (κ2) is 4.56. The lowest BCUT2D eigenvalue weighted by molar-refractivity contribution is 0.0697. The minimum atomic E-state index is -1.15. The van der Waals surface area contributed by atoms with Gasteiger partial charge in [0.15, 0.2) is 0 Å². The molecule has 18 heavy (non-hydrogen) atoms. The topological polar surface area (TPSA) is 37.3 Å². The van der Waals surface area contributed by atoms with Gasteiger partial charge in [-0.3, -0.25) is 0 Å². The van der Waals surface area contributed by atoms with E-state index in [0.717, 1.165) is 6.07 Å². The summed E-state index contributed by atoms with van der Waals surface area (Å²) in [6.45, 7) is 1.53. The third kappa shape index (κ3) is 2.09. The number of carboxylic acids is 1. The molecule has 0 spiro atoms. The Morgan fingerprint density at radius 1 is 1.06 bits per heavy atom. The molecule has 0 radical (unpaired) electrons. The molecule has 0 unspecified atom stereocenters. The van der Waals surface area contributed by atoms with Gasteiger partial charge in [-0.25, -0.2) is 13.6 Å². The molecule has 2 nitrogen and oxygen atoms in total. The minimum absolute atomic E-state index is 0.0324. The molecule has 0 saturated heterocycles. The second-order valence-corrected chi connectivity index (χ2v) is 3.91. The van der Waals surface area contributed by atoms with E-state index < -0.39 is 17.6 Å². The molecular weight excluding hydrogens is 238 g/mol. The maximum atomic E-state index is 13.7.